The monoisotopic (exact) mass is 201 g/mol. The van der Waals surface area contributed by atoms with Crippen molar-refractivity contribution in [2.24, 2.45) is 0 Å². The molecule has 3 rings (SSSR count). The number of H-pyrrole nitrogens is 1. The van der Waals surface area contributed by atoms with Crippen molar-refractivity contribution in [1.29, 1.82) is 0 Å². The number of nitrogens with one attached hydrogen (secondary N) is 1. The summed E-state index contributed by atoms with van der Waals surface area (Å²) in [7, 11) is 0. The SMILES string of the molecule is c1ccc2[nH]c(OC3CCCC3)cc2c1. The Balaban J connectivity index is 1.84. The summed E-state index contributed by atoms with van der Waals surface area (Å²) >= 11 is 0. The van der Waals surface area contributed by atoms with E-state index in [9.17, 15) is 0 Å². The molecule has 78 valence electrons. The molecule has 0 bridgehead atoms. The zero-order valence-corrected chi connectivity index (χ0v) is 8.70. The molecule has 1 aliphatic carbocycles. The van der Waals surface area contributed by atoms with Crippen LogP contribution in [0, 0.1) is 0 Å². The normalized spacial score (nSPS) is 17.3. The van der Waals surface area contributed by atoms with Crippen LogP contribution in [-0.4, -0.2) is 11.1 Å². The van der Waals surface area contributed by atoms with E-state index in [-0.39, 0.29) is 0 Å². The van der Waals surface area contributed by atoms with Crippen LogP contribution in [0.3, 0.4) is 0 Å². The van der Waals surface area contributed by atoms with Crippen molar-refractivity contribution in [2.45, 2.75) is 31.8 Å². The number of hydrogen-bond acceptors (Lipinski definition) is 1. The van der Waals surface area contributed by atoms with Gasteiger partial charge in [0.15, 0.2) is 5.88 Å². The average molecular weight is 201 g/mol. The molecular weight excluding hydrogens is 186 g/mol. The molecule has 0 aliphatic heterocycles. The minimum atomic E-state index is 0.429. The number of rotatable bonds is 2. The lowest BCUT2D eigenvalue weighted by Gasteiger charge is -2.10. The van der Waals surface area contributed by atoms with Gasteiger partial charge in [0.25, 0.3) is 0 Å². The molecule has 0 saturated heterocycles. The van der Waals surface area contributed by atoms with Crippen LogP contribution in [0.4, 0.5) is 0 Å². The quantitative estimate of drug-likeness (QED) is 0.790. The van der Waals surface area contributed by atoms with Crippen LogP contribution >= 0.6 is 0 Å². The van der Waals surface area contributed by atoms with Crippen molar-refractivity contribution < 1.29 is 4.74 Å². The standard InChI is InChI=1S/C13H15NO/c1-4-8-12-10(5-1)9-13(14-12)15-11-6-2-3-7-11/h1,4-5,8-9,11,14H,2-3,6-7H2. The Morgan fingerprint density at radius 3 is 2.73 bits per heavy atom. The number of aromatic nitrogens is 1. The van der Waals surface area contributed by atoms with Crippen LogP contribution in [0.2, 0.25) is 0 Å². The highest BCUT2D eigenvalue weighted by atomic mass is 16.5. The van der Waals surface area contributed by atoms with Crippen molar-refractivity contribution in [3.05, 3.63) is 30.3 Å². The molecule has 1 N–H and O–H groups in total. The fourth-order valence-corrected chi connectivity index (χ4v) is 2.30. The summed E-state index contributed by atoms with van der Waals surface area (Å²) < 4.78 is 5.90. The van der Waals surface area contributed by atoms with Gasteiger partial charge in [0.05, 0.1) is 0 Å². The lowest BCUT2D eigenvalue weighted by atomic mass is 10.2. The second-order valence-corrected chi connectivity index (χ2v) is 4.25. The Hall–Kier alpha value is -1.44. The van der Waals surface area contributed by atoms with Gasteiger partial charge in [-0.2, -0.15) is 0 Å². The van der Waals surface area contributed by atoms with Crippen LogP contribution in [0.15, 0.2) is 30.3 Å². The number of ether oxygens (including phenoxy) is 1. The highest BCUT2D eigenvalue weighted by Crippen LogP contribution is 2.26. The van der Waals surface area contributed by atoms with Crippen molar-refractivity contribution in [1.82, 2.24) is 4.98 Å². The van der Waals surface area contributed by atoms with E-state index in [2.05, 4.69) is 29.2 Å². The van der Waals surface area contributed by atoms with Gasteiger partial charge < -0.3 is 9.72 Å². The summed E-state index contributed by atoms with van der Waals surface area (Å²) in [4.78, 5) is 3.30. The fraction of sp³-hybridized carbons (Fsp3) is 0.385. The molecule has 2 nitrogen and oxygen atoms in total. The van der Waals surface area contributed by atoms with E-state index in [1.54, 1.807) is 0 Å². The first-order chi connectivity index (χ1) is 7.42. The second kappa shape index (κ2) is 3.61. The van der Waals surface area contributed by atoms with Gasteiger partial charge in [-0.25, -0.2) is 0 Å². The Morgan fingerprint density at radius 1 is 1.13 bits per heavy atom. The van der Waals surface area contributed by atoms with Crippen LogP contribution in [0.25, 0.3) is 10.9 Å². The number of aromatic amines is 1. The van der Waals surface area contributed by atoms with Crippen LogP contribution in [0.5, 0.6) is 5.88 Å². The maximum absolute atomic E-state index is 5.90. The van der Waals surface area contributed by atoms with Gasteiger partial charge in [-0.05, 0) is 31.7 Å². The van der Waals surface area contributed by atoms with Crippen LogP contribution in [-0.2, 0) is 0 Å². The first-order valence-corrected chi connectivity index (χ1v) is 5.66. The molecule has 0 unspecified atom stereocenters. The highest BCUT2D eigenvalue weighted by Gasteiger charge is 2.17. The molecule has 1 aromatic heterocycles. The van der Waals surface area contributed by atoms with Crippen LogP contribution in [0.1, 0.15) is 25.7 Å². The number of fused-ring (bicyclic) bond motifs is 1. The maximum Gasteiger partial charge on any atom is 0.192 e. The molecule has 2 heteroatoms. The van der Waals surface area contributed by atoms with Crippen molar-refractivity contribution >= 4 is 10.9 Å². The summed E-state index contributed by atoms with van der Waals surface area (Å²) in [6.45, 7) is 0. The van der Waals surface area contributed by atoms with Gasteiger partial charge in [0.1, 0.15) is 6.10 Å². The maximum atomic E-state index is 5.90. The van der Waals surface area contributed by atoms with E-state index in [1.807, 2.05) is 6.07 Å². The first-order valence-electron chi connectivity index (χ1n) is 5.66. The Bertz CT molecular complexity index is 421. The number of para-hydroxylation sites is 1. The summed E-state index contributed by atoms with van der Waals surface area (Å²) in [5, 5.41) is 1.23. The Labute approximate surface area is 89.3 Å². The van der Waals surface area contributed by atoms with E-state index in [0.717, 1.165) is 11.4 Å². The van der Waals surface area contributed by atoms with E-state index in [1.165, 1.54) is 31.1 Å². The third-order valence-corrected chi connectivity index (χ3v) is 3.10. The van der Waals surface area contributed by atoms with E-state index in [0.29, 0.717) is 6.10 Å². The second-order valence-electron chi connectivity index (χ2n) is 4.25. The predicted molar refractivity (Wildman–Crippen MR) is 61.2 cm³/mol. The minimum absolute atomic E-state index is 0.429. The zero-order chi connectivity index (χ0) is 10.1. The Morgan fingerprint density at radius 2 is 1.93 bits per heavy atom. The molecule has 0 amide bonds. The van der Waals surface area contributed by atoms with Gasteiger partial charge >= 0.3 is 0 Å². The largest absolute Gasteiger partial charge is 0.476 e. The summed E-state index contributed by atoms with van der Waals surface area (Å²) in [6.07, 6.45) is 5.46. The topological polar surface area (TPSA) is 25.0 Å². The zero-order valence-electron chi connectivity index (χ0n) is 8.70. The summed E-state index contributed by atoms with van der Waals surface area (Å²) in [6, 6.07) is 10.4. The van der Waals surface area contributed by atoms with Gasteiger partial charge in [-0.15, -0.1) is 0 Å². The molecule has 1 fully saturated rings. The molecule has 1 heterocycles. The third kappa shape index (κ3) is 1.72. The minimum Gasteiger partial charge on any atom is -0.476 e. The van der Waals surface area contributed by atoms with Crippen molar-refractivity contribution in [3.8, 4) is 5.88 Å². The van der Waals surface area contributed by atoms with Gasteiger partial charge in [0, 0.05) is 17.0 Å². The third-order valence-electron chi connectivity index (χ3n) is 3.10. The molecule has 1 saturated carbocycles. The smallest absolute Gasteiger partial charge is 0.192 e. The number of benzene rings is 1. The van der Waals surface area contributed by atoms with Gasteiger partial charge in [-0.1, -0.05) is 18.2 Å². The Kier molecular flexibility index (Phi) is 2.13. The van der Waals surface area contributed by atoms with Gasteiger partial charge in [0.2, 0.25) is 0 Å². The molecule has 0 atom stereocenters. The lowest BCUT2D eigenvalue weighted by molar-refractivity contribution is 0.203. The summed E-state index contributed by atoms with van der Waals surface area (Å²) in [5.74, 6) is 0.920. The van der Waals surface area contributed by atoms with E-state index < -0.39 is 0 Å². The fourth-order valence-electron chi connectivity index (χ4n) is 2.30. The summed E-state index contributed by atoms with van der Waals surface area (Å²) in [5.41, 5.74) is 1.16. The highest BCUT2D eigenvalue weighted by molar-refractivity contribution is 5.81. The molecule has 1 aliphatic rings. The first kappa shape index (κ1) is 8.84. The molecule has 2 aromatic rings. The van der Waals surface area contributed by atoms with Gasteiger partial charge in [-0.3, -0.25) is 0 Å². The van der Waals surface area contributed by atoms with Crippen LogP contribution < -0.4 is 4.74 Å². The average Bonchev–Trinajstić information content (AvgIpc) is 2.86. The molecule has 15 heavy (non-hydrogen) atoms. The van der Waals surface area contributed by atoms with E-state index >= 15 is 0 Å². The van der Waals surface area contributed by atoms with E-state index in [4.69, 9.17) is 4.74 Å². The van der Waals surface area contributed by atoms with Crippen molar-refractivity contribution in [2.75, 3.05) is 0 Å². The molecular formula is C13H15NO. The number of hydrogen-bond donors (Lipinski definition) is 1. The molecule has 1 aromatic carbocycles. The predicted octanol–water partition coefficient (Wildman–Crippen LogP) is 3.49. The molecule has 0 spiro atoms. The lowest BCUT2D eigenvalue weighted by Crippen LogP contribution is -2.10. The van der Waals surface area contributed by atoms with Crippen molar-refractivity contribution in [3.63, 3.8) is 0 Å². The molecule has 0 radical (unpaired) electrons.